The highest BCUT2D eigenvalue weighted by molar-refractivity contribution is 5.94. The third kappa shape index (κ3) is 1.89. The van der Waals surface area contributed by atoms with Crippen molar-refractivity contribution in [3.63, 3.8) is 0 Å². The van der Waals surface area contributed by atoms with Crippen LogP contribution in [0.25, 0.3) is 16.3 Å². The zero-order valence-corrected chi connectivity index (χ0v) is 12.0. The summed E-state index contributed by atoms with van der Waals surface area (Å²) in [4.78, 5) is 2.58. The zero-order chi connectivity index (χ0) is 13.5. The molecule has 2 atom stereocenters. The predicted octanol–water partition coefficient (Wildman–Crippen LogP) is 4.48. The number of benzene rings is 2. The summed E-state index contributed by atoms with van der Waals surface area (Å²) < 4.78 is 0. The first-order valence-corrected chi connectivity index (χ1v) is 7.74. The number of nitrogens with zero attached hydrogens (tertiary/aromatic N) is 1. The van der Waals surface area contributed by atoms with Crippen molar-refractivity contribution < 1.29 is 0 Å². The van der Waals surface area contributed by atoms with Crippen molar-refractivity contribution in [1.82, 2.24) is 4.90 Å². The number of piperidine rings is 1. The SMILES string of the molecule is CN1C2C=C(c3cccc4ccccc34)CC1CCC2. The molecule has 2 unspecified atom stereocenters. The summed E-state index contributed by atoms with van der Waals surface area (Å²) in [5, 5.41) is 2.76. The van der Waals surface area contributed by atoms with Gasteiger partial charge in [-0.3, -0.25) is 4.90 Å². The van der Waals surface area contributed by atoms with Gasteiger partial charge in [0.2, 0.25) is 0 Å². The molecule has 2 aromatic carbocycles. The fraction of sp³-hybridized carbons (Fsp3) is 0.368. The van der Waals surface area contributed by atoms with Gasteiger partial charge in [0.1, 0.15) is 0 Å². The molecule has 0 N–H and O–H groups in total. The molecular weight excluding hydrogens is 242 g/mol. The quantitative estimate of drug-likeness (QED) is 0.733. The Kier molecular flexibility index (Phi) is 2.89. The van der Waals surface area contributed by atoms with Crippen molar-refractivity contribution in [2.24, 2.45) is 0 Å². The van der Waals surface area contributed by atoms with Crippen LogP contribution in [0, 0.1) is 0 Å². The number of rotatable bonds is 1. The minimum atomic E-state index is 0.650. The van der Waals surface area contributed by atoms with Gasteiger partial charge in [-0.1, -0.05) is 55.0 Å². The van der Waals surface area contributed by atoms with E-state index in [1.807, 2.05) is 0 Å². The van der Waals surface area contributed by atoms with E-state index in [4.69, 9.17) is 0 Å². The number of hydrogen-bond donors (Lipinski definition) is 0. The summed E-state index contributed by atoms with van der Waals surface area (Å²) in [6, 6.07) is 16.9. The van der Waals surface area contributed by atoms with Crippen molar-refractivity contribution in [1.29, 1.82) is 0 Å². The molecule has 0 radical (unpaired) electrons. The van der Waals surface area contributed by atoms with Crippen molar-refractivity contribution in [3.8, 4) is 0 Å². The summed E-state index contributed by atoms with van der Waals surface area (Å²) in [7, 11) is 2.30. The van der Waals surface area contributed by atoms with Crippen molar-refractivity contribution in [2.75, 3.05) is 7.05 Å². The van der Waals surface area contributed by atoms with Crippen LogP contribution in [0.2, 0.25) is 0 Å². The van der Waals surface area contributed by atoms with E-state index in [2.05, 4.69) is 60.5 Å². The standard InChI is InChI=1S/C19H21N/c1-20-16-8-5-9-17(20)13-15(12-16)19-11-4-7-14-6-2-3-10-18(14)19/h2-4,6-7,10-12,16-17H,5,8-9,13H2,1H3. The number of fused-ring (bicyclic) bond motifs is 3. The van der Waals surface area contributed by atoms with Crippen molar-refractivity contribution in [3.05, 3.63) is 54.1 Å². The molecule has 1 saturated heterocycles. The minimum Gasteiger partial charge on any atom is -0.297 e. The summed E-state index contributed by atoms with van der Waals surface area (Å²) >= 11 is 0. The maximum Gasteiger partial charge on any atom is 0.0284 e. The molecule has 2 bridgehead atoms. The highest BCUT2D eigenvalue weighted by atomic mass is 15.2. The molecule has 0 aromatic heterocycles. The van der Waals surface area contributed by atoms with Crippen LogP contribution < -0.4 is 0 Å². The van der Waals surface area contributed by atoms with Gasteiger partial charge in [0.05, 0.1) is 0 Å². The first-order valence-electron chi connectivity index (χ1n) is 7.74. The average Bonchev–Trinajstić information content (AvgIpc) is 2.46. The molecule has 2 aliphatic rings. The van der Waals surface area contributed by atoms with Crippen LogP contribution in [-0.2, 0) is 0 Å². The van der Waals surface area contributed by atoms with Gasteiger partial charge in [0, 0.05) is 12.1 Å². The maximum atomic E-state index is 2.58. The topological polar surface area (TPSA) is 3.24 Å². The van der Waals surface area contributed by atoms with Gasteiger partial charge in [-0.25, -0.2) is 0 Å². The van der Waals surface area contributed by atoms with Gasteiger partial charge in [-0.2, -0.15) is 0 Å². The van der Waals surface area contributed by atoms with E-state index in [9.17, 15) is 0 Å². The maximum absolute atomic E-state index is 2.58. The summed E-state index contributed by atoms with van der Waals surface area (Å²) in [5.41, 5.74) is 3.02. The van der Waals surface area contributed by atoms with E-state index in [1.165, 1.54) is 42.0 Å². The monoisotopic (exact) mass is 263 g/mol. The summed E-state index contributed by atoms with van der Waals surface area (Å²) in [5.74, 6) is 0. The van der Waals surface area contributed by atoms with Gasteiger partial charge in [-0.05, 0) is 48.2 Å². The molecule has 0 amide bonds. The van der Waals surface area contributed by atoms with Crippen LogP contribution in [0.1, 0.15) is 31.2 Å². The third-order valence-corrected chi connectivity index (χ3v) is 5.12. The Hall–Kier alpha value is -1.60. The fourth-order valence-corrected chi connectivity index (χ4v) is 3.95. The zero-order valence-electron chi connectivity index (χ0n) is 12.0. The molecule has 0 spiro atoms. The van der Waals surface area contributed by atoms with Crippen LogP contribution in [0.4, 0.5) is 0 Å². The first kappa shape index (κ1) is 12.2. The second-order valence-corrected chi connectivity index (χ2v) is 6.24. The van der Waals surface area contributed by atoms with Crippen LogP contribution in [0.3, 0.4) is 0 Å². The second kappa shape index (κ2) is 4.75. The van der Waals surface area contributed by atoms with Crippen molar-refractivity contribution >= 4 is 16.3 Å². The van der Waals surface area contributed by atoms with Crippen LogP contribution in [-0.4, -0.2) is 24.0 Å². The van der Waals surface area contributed by atoms with Gasteiger partial charge in [0.25, 0.3) is 0 Å². The molecule has 1 nitrogen and oxygen atoms in total. The Bertz CT molecular complexity index is 665. The van der Waals surface area contributed by atoms with E-state index < -0.39 is 0 Å². The number of hydrogen-bond acceptors (Lipinski definition) is 1. The van der Waals surface area contributed by atoms with Gasteiger partial charge in [-0.15, -0.1) is 0 Å². The van der Waals surface area contributed by atoms with Crippen LogP contribution >= 0.6 is 0 Å². The Balaban J connectivity index is 1.84. The normalized spacial score (nSPS) is 26.6. The molecule has 20 heavy (non-hydrogen) atoms. The summed E-state index contributed by atoms with van der Waals surface area (Å²) in [6.45, 7) is 0. The van der Waals surface area contributed by atoms with Crippen LogP contribution in [0.5, 0.6) is 0 Å². The van der Waals surface area contributed by atoms with Gasteiger partial charge >= 0.3 is 0 Å². The highest BCUT2D eigenvalue weighted by Crippen LogP contribution is 2.37. The molecule has 2 heterocycles. The highest BCUT2D eigenvalue weighted by Gasteiger charge is 2.31. The molecule has 4 rings (SSSR count). The minimum absolute atomic E-state index is 0.650. The average molecular weight is 263 g/mol. The van der Waals surface area contributed by atoms with Crippen LogP contribution in [0.15, 0.2) is 48.5 Å². The van der Waals surface area contributed by atoms with Crippen molar-refractivity contribution in [2.45, 2.75) is 37.8 Å². The lowest BCUT2D eigenvalue weighted by atomic mass is 9.82. The summed E-state index contributed by atoms with van der Waals surface area (Å²) in [6.07, 6.45) is 7.80. The molecule has 1 fully saturated rings. The molecule has 0 saturated carbocycles. The van der Waals surface area contributed by atoms with E-state index in [0.29, 0.717) is 6.04 Å². The number of likely N-dealkylation sites (N-methyl/N-ethyl adjacent to an activating group) is 1. The molecule has 2 aromatic rings. The first-order chi connectivity index (χ1) is 9.83. The molecule has 0 aliphatic carbocycles. The molecule has 2 aliphatic heterocycles. The lowest BCUT2D eigenvalue weighted by Gasteiger charge is -2.43. The smallest absolute Gasteiger partial charge is 0.0284 e. The lowest BCUT2D eigenvalue weighted by molar-refractivity contribution is 0.137. The lowest BCUT2D eigenvalue weighted by Crippen LogP contribution is -2.45. The van der Waals surface area contributed by atoms with E-state index >= 15 is 0 Å². The largest absolute Gasteiger partial charge is 0.297 e. The molecule has 102 valence electrons. The Morgan fingerprint density at radius 2 is 1.85 bits per heavy atom. The fourth-order valence-electron chi connectivity index (χ4n) is 3.95. The van der Waals surface area contributed by atoms with E-state index in [0.717, 1.165) is 6.04 Å². The van der Waals surface area contributed by atoms with E-state index in [-0.39, 0.29) is 0 Å². The second-order valence-electron chi connectivity index (χ2n) is 6.24. The Morgan fingerprint density at radius 3 is 2.75 bits per heavy atom. The van der Waals surface area contributed by atoms with E-state index in [1.54, 1.807) is 5.57 Å². The Labute approximate surface area is 120 Å². The Morgan fingerprint density at radius 1 is 1.00 bits per heavy atom. The van der Waals surface area contributed by atoms with Gasteiger partial charge < -0.3 is 0 Å². The van der Waals surface area contributed by atoms with Gasteiger partial charge in [0.15, 0.2) is 0 Å². The molecular formula is C19H21N. The predicted molar refractivity (Wildman–Crippen MR) is 85.7 cm³/mol. The third-order valence-electron chi connectivity index (χ3n) is 5.12. The molecule has 1 heteroatoms.